The average Bonchev–Trinajstić information content (AvgIpc) is 2.89. The topological polar surface area (TPSA) is 79.5 Å². The lowest BCUT2D eigenvalue weighted by Gasteiger charge is -2.31. The quantitative estimate of drug-likeness (QED) is 0.800. The molecule has 0 saturated carbocycles. The minimum Gasteiger partial charge on any atom is -0.478 e. The van der Waals surface area contributed by atoms with Crippen LogP contribution in [0.15, 0.2) is 40.9 Å². The van der Waals surface area contributed by atoms with E-state index in [2.05, 4.69) is 14.9 Å². The maximum atomic E-state index is 11.0. The largest absolute Gasteiger partial charge is 0.478 e. The highest BCUT2D eigenvalue weighted by molar-refractivity contribution is 5.92. The molecule has 1 fully saturated rings. The van der Waals surface area contributed by atoms with Gasteiger partial charge < -0.3 is 14.4 Å². The zero-order chi connectivity index (χ0) is 15.1. The summed E-state index contributed by atoms with van der Waals surface area (Å²) in [6.45, 7) is 2.10. The molecule has 0 amide bonds. The zero-order valence-electron chi connectivity index (χ0n) is 11.7. The highest BCUT2D eigenvalue weighted by Crippen LogP contribution is 2.26. The van der Waals surface area contributed by atoms with Gasteiger partial charge in [-0.3, -0.25) is 0 Å². The standard InChI is InChI=1S/C16H13N3O3/c20-16(21)10-2-4-13-12(8-10)18-15(22-13)11-3-5-14(17-9-11)19-6-1-7-19/h2-5,8-9H,1,6-7H2,(H,20,21). The normalized spacial score (nSPS) is 14.1. The van der Waals surface area contributed by atoms with Crippen LogP contribution in [0.4, 0.5) is 5.82 Å². The summed E-state index contributed by atoms with van der Waals surface area (Å²) >= 11 is 0. The first kappa shape index (κ1) is 12.8. The number of pyridine rings is 1. The van der Waals surface area contributed by atoms with E-state index in [0.29, 0.717) is 17.0 Å². The van der Waals surface area contributed by atoms with Gasteiger partial charge in [0, 0.05) is 19.3 Å². The van der Waals surface area contributed by atoms with E-state index in [1.54, 1.807) is 12.3 Å². The third-order valence-electron chi connectivity index (χ3n) is 3.81. The van der Waals surface area contributed by atoms with Gasteiger partial charge >= 0.3 is 5.97 Å². The fourth-order valence-corrected chi connectivity index (χ4v) is 2.43. The molecule has 2 aromatic heterocycles. The fourth-order valence-electron chi connectivity index (χ4n) is 2.43. The van der Waals surface area contributed by atoms with Gasteiger partial charge in [0.25, 0.3) is 0 Å². The highest BCUT2D eigenvalue weighted by atomic mass is 16.4. The molecule has 1 aromatic carbocycles. The van der Waals surface area contributed by atoms with Crippen LogP contribution in [0.3, 0.4) is 0 Å². The lowest BCUT2D eigenvalue weighted by Crippen LogP contribution is -2.37. The van der Waals surface area contributed by atoms with Crippen molar-refractivity contribution in [2.45, 2.75) is 6.42 Å². The molecule has 1 saturated heterocycles. The molecular formula is C16H13N3O3. The third kappa shape index (κ3) is 2.09. The number of benzene rings is 1. The first-order valence-electron chi connectivity index (χ1n) is 7.06. The van der Waals surface area contributed by atoms with Crippen molar-refractivity contribution in [3.63, 3.8) is 0 Å². The summed E-state index contributed by atoms with van der Waals surface area (Å²) in [4.78, 5) is 22.0. The van der Waals surface area contributed by atoms with Crippen LogP contribution in [0, 0.1) is 0 Å². The summed E-state index contributed by atoms with van der Waals surface area (Å²) in [5.41, 5.74) is 2.06. The average molecular weight is 295 g/mol. The molecule has 0 unspecified atom stereocenters. The Morgan fingerprint density at radius 2 is 2.09 bits per heavy atom. The van der Waals surface area contributed by atoms with Crippen LogP contribution >= 0.6 is 0 Å². The van der Waals surface area contributed by atoms with Crippen molar-refractivity contribution in [2.24, 2.45) is 0 Å². The number of rotatable bonds is 3. The van der Waals surface area contributed by atoms with Gasteiger partial charge in [-0.1, -0.05) is 0 Å². The smallest absolute Gasteiger partial charge is 0.335 e. The van der Waals surface area contributed by atoms with E-state index < -0.39 is 5.97 Å². The van der Waals surface area contributed by atoms with Crippen LogP contribution < -0.4 is 4.90 Å². The molecule has 22 heavy (non-hydrogen) atoms. The summed E-state index contributed by atoms with van der Waals surface area (Å²) < 4.78 is 5.67. The Kier molecular flexibility index (Phi) is 2.82. The molecule has 6 heteroatoms. The Balaban J connectivity index is 1.69. The Morgan fingerprint density at radius 3 is 2.73 bits per heavy atom. The second-order valence-electron chi connectivity index (χ2n) is 5.25. The minimum atomic E-state index is -0.980. The summed E-state index contributed by atoms with van der Waals surface area (Å²) in [5, 5.41) is 9.01. The maximum Gasteiger partial charge on any atom is 0.335 e. The van der Waals surface area contributed by atoms with Crippen molar-refractivity contribution in [3.05, 3.63) is 42.1 Å². The lowest BCUT2D eigenvalue weighted by molar-refractivity contribution is 0.0697. The molecule has 110 valence electrons. The number of nitrogens with zero attached hydrogens (tertiary/aromatic N) is 3. The number of aromatic carboxylic acids is 1. The number of hydrogen-bond donors (Lipinski definition) is 1. The van der Waals surface area contributed by atoms with Gasteiger partial charge in [0.1, 0.15) is 11.3 Å². The highest BCUT2D eigenvalue weighted by Gasteiger charge is 2.16. The number of carboxylic acid groups (broad SMARTS) is 1. The molecule has 1 aliphatic rings. The van der Waals surface area contributed by atoms with Gasteiger partial charge in [0.05, 0.1) is 11.1 Å². The summed E-state index contributed by atoms with van der Waals surface area (Å²) in [6, 6.07) is 8.50. The molecular weight excluding hydrogens is 282 g/mol. The molecule has 3 aromatic rings. The molecule has 6 nitrogen and oxygen atoms in total. The van der Waals surface area contributed by atoms with Crippen LogP contribution in [0.25, 0.3) is 22.6 Å². The molecule has 0 radical (unpaired) electrons. The summed E-state index contributed by atoms with van der Waals surface area (Å²) in [5.74, 6) is 0.423. The van der Waals surface area contributed by atoms with Crippen LogP contribution in [0.1, 0.15) is 16.8 Å². The second kappa shape index (κ2) is 4.84. The first-order chi connectivity index (χ1) is 10.7. The third-order valence-corrected chi connectivity index (χ3v) is 3.81. The summed E-state index contributed by atoms with van der Waals surface area (Å²) in [7, 11) is 0. The number of fused-ring (bicyclic) bond motifs is 1. The van der Waals surface area contributed by atoms with Crippen molar-refractivity contribution >= 4 is 22.9 Å². The maximum absolute atomic E-state index is 11.0. The van der Waals surface area contributed by atoms with E-state index in [1.807, 2.05) is 12.1 Å². The molecule has 0 aliphatic carbocycles. The van der Waals surface area contributed by atoms with Crippen LogP contribution in [0.5, 0.6) is 0 Å². The Bertz CT molecular complexity index is 851. The second-order valence-corrected chi connectivity index (χ2v) is 5.25. The lowest BCUT2D eigenvalue weighted by atomic mass is 10.2. The molecule has 1 aliphatic heterocycles. The van der Waals surface area contributed by atoms with Crippen molar-refractivity contribution in [1.29, 1.82) is 0 Å². The van der Waals surface area contributed by atoms with Gasteiger partial charge in [-0.05, 0) is 36.8 Å². The predicted molar refractivity (Wildman–Crippen MR) is 81.0 cm³/mol. The van der Waals surface area contributed by atoms with E-state index in [9.17, 15) is 4.79 Å². The molecule has 0 bridgehead atoms. The van der Waals surface area contributed by atoms with Crippen molar-refractivity contribution in [3.8, 4) is 11.5 Å². The van der Waals surface area contributed by atoms with E-state index in [4.69, 9.17) is 9.52 Å². The van der Waals surface area contributed by atoms with Gasteiger partial charge in [-0.2, -0.15) is 0 Å². The van der Waals surface area contributed by atoms with E-state index in [-0.39, 0.29) is 5.56 Å². The van der Waals surface area contributed by atoms with Crippen molar-refractivity contribution in [1.82, 2.24) is 9.97 Å². The number of hydrogen-bond acceptors (Lipinski definition) is 5. The van der Waals surface area contributed by atoms with E-state index >= 15 is 0 Å². The minimum absolute atomic E-state index is 0.193. The van der Waals surface area contributed by atoms with Crippen LogP contribution in [0.2, 0.25) is 0 Å². The number of aromatic nitrogens is 2. The SMILES string of the molecule is O=C(O)c1ccc2oc(-c3ccc(N4CCC4)nc3)nc2c1. The number of anilines is 1. The fraction of sp³-hybridized carbons (Fsp3) is 0.188. The van der Waals surface area contributed by atoms with Crippen molar-refractivity contribution < 1.29 is 14.3 Å². The van der Waals surface area contributed by atoms with Crippen LogP contribution in [-0.4, -0.2) is 34.1 Å². The predicted octanol–water partition coefficient (Wildman–Crippen LogP) is 2.80. The zero-order valence-corrected chi connectivity index (χ0v) is 11.7. The van der Waals surface area contributed by atoms with E-state index in [0.717, 1.165) is 24.5 Å². The Hall–Kier alpha value is -2.89. The number of carboxylic acids is 1. The molecule has 0 spiro atoms. The van der Waals surface area contributed by atoms with Crippen LogP contribution in [-0.2, 0) is 0 Å². The van der Waals surface area contributed by atoms with Gasteiger partial charge in [-0.15, -0.1) is 0 Å². The molecule has 4 rings (SSSR count). The molecule has 0 atom stereocenters. The molecule has 1 N–H and O–H groups in total. The Labute approximate surface area is 126 Å². The van der Waals surface area contributed by atoms with E-state index in [1.165, 1.54) is 18.6 Å². The van der Waals surface area contributed by atoms with Crippen molar-refractivity contribution in [2.75, 3.05) is 18.0 Å². The molecule has 3 heterocycles. The monoisotopic (exact) mass is 295 g/mol. The van der Waals surface area contributed by atoms with Gasteiger partial charge in [-0.25, -0.2) is 14.8 Å². The number of oxazole rings is 1. The Morgan fingerprint density at radius 1 is 1.23 bits per heavy atom. The van der Waals surface area contributed by atoms with Gasteiger partial charge in [0.15, 0.2) is 5.58 Å². The van der Waals surface area contributed by atoms with Gasteiger partial charge in [0.2, 0.25) is 5.89 Å². The number of carbonyl (C=O) groups is 1. The first-order valence-corrected chi connectivity index (χ1v) is 7.06. The summed E-state index contributed by atoms with van der Waals surface area (Å²) in [6.07, 6.45) is 2.94.